The normalized spacial score (nSPS) is 15.1. The zero-order valence-electron chi connectivity index (χ0n) is 11.5. The molecule has 1 aromatic heterocycles. The number of aryl methyl sites for hydroxylation is 2. The van der Waals surface area contributed by atoms with Crippen LogP contribution in [0, 0.1) is 6.92 Å². The van der Waals surface area contributed by atoms with Gasteiger partial charge in [0.25, 0.3) is 5.91 Å². The lowest BCUT2D eigenvalue weighted by molar-refractivity contribution is -0.127. The number of carbonyl (C=O) groups is 2. The molecule has 0 radical (unpaired) electrons. The van der Waals surface area contributed by atoms with Crippen LogP contribution in [0.15, 0.2) is 6.20 Å². The Balaban J connectivity index is 1.72. The quantitative estimate of drug-likeness (QED) is 0.786. The van der Waals surface area contributed by atoms with Crippen molar-refractivity contribution in [3.05, 3.63) is 17.5 Å². The fourth-order valence-corrected chi connectivity index (χ4v) is 2.33. The molecule has 0 unspecified atom stereocenters. The molecular weight excluding hydrogens is 244 g/mol. The highest BCUT2D eigenvalue weighted by Crippen LogP contribution is 2.09. The second-order valence-electron chi connectivity index (χ2n) is 4.90. The summed E-state index contributed by atoms with van der Waals surface area (Å²) in [5.41, 5.74) is 1.34. The Morgan fingerprint density at radius 1 is 1.53 bits per heavy atom. The third kappa shape index (κ3) is 3.33. The van der Waals surface area contributed by atoms with Gasteiger partial charge in [-0.15, -0.1) is 0 Å². The molecule has 19 heavy (non-hydrogen) atoms. The minimum Gasteiger partial charge on any atom is -0.352 e. The van der Waals surface area contributed by atoms with Gasteiger partial charge < -0.3 is 10.2 Å². The zero-order valence-corrected chi connectivity index (χ0v) is 11.5. The molecular formula is C13H20N4O2. The van der Waals surface area contributed by atoms with Crippen molar-refractivity contribution in [3.63, 3.8) is 0 Å². The van der Waals surface area contributed by atoms with Crippen molar-refractivity contribution in [3.8, 4) is 0 Å². The van der Waals surface area contributed by atoms with E-state index in [-0.39, 0.29) is 11.8 Å². The van der Waals surface area contributed by atoms with E-state index >= 15 is 0 Å². The number of likely N-dealkylation sites (tertiary alicyclic amines) is 1. The van der Waals surface area contributed by atoms with Gasteiger partial charge in [-0.2, -0.15) is 5.10 Å². The lowest BCUT2D eigenvalue weighted by Gasteiger charge is -2.15. The van der Waals surface area contributed by atoms with E-state index in [2.05, 4.69) is 10.4 Å². The van der Waals surface area contributed by atoms with Crippen LogP contribution in [0.25, 0.3) is 0 Å². The summed E-state index contributed by atoms with van der Waals surface area (Å²) in [6, 6.07) is 0. The van der Waals surface area contributed by atoms with Crippen LogP contribution in [0.3, 0.4) is 0 Å². The van der Waals surface area contributed by atoms with E-state index < -0.39 is 0 Å². The number of carbonyl (C=O) groups excluding carboxylic acids is 2. The first-order chi connectivity index (χ1) is 9.08. The van der Waals surface area contributed by atoms with Crippen LogP contribution < -0.4 is 5.32 Å². The van der Waals surface area contributed by atoms with Crippen LogP contribution in [0.1, 0.15) is 35.3 Å². The highest BCUT2D eigenvalue weighted by molar-refractivity contribution is 5.94. The minimum absolute atomic E-state index is 0.0988. The van der Waals surface area contributed by atoms with Crippen molar-refractivity contribution in [1.29, 1.82) is 0 Å². The molecule has 1 aliphatic rings. The molecule has 0 atom stereocenters. The van der Waals surface area contributed by atoms with Gasteiger partial charge in [0.1, 0.15) is 0 Å². The standard InChI is InChI=1S/C13H20N4O2/c1-10-11(9-16(2)15-10)13(19)14-6-4-8-17-7-3-5-12(17)18/h9H,3-8H2,1-2H3,(H,14,19). The molecule has 1 N–H and O–H groups in total. The molecule has 104 valence electrons. The number of hydrogen-bond acceptors (Lipinski definition) is 3. The smallest absolute Gasteiger partial charge is 0.254 e. The zero-order chi connectivity index (χ0) is 13.8. The van der Waals surface area contributed by atoms with E-state index in [0.717, 1.165) is 31.6 Å². The van der Waals surface area contributed by atoms with Crippen molar-refractivity contribution in [2.45, 2.75) is 26.2 Å². The Morgan fingerprint density at radius 3 is 2.89 bits per heavy atom. The predicted octanol–water partition coefficient (Wildman–Crippen LogP) is 0.471. The van der Waals surface area contributed by atoms with E-state index in [1.165, 1.54) is 0 Å². The van der Waals surface area contributed by atoms with Gasteiger partial charge in [0.05, 0.1) is 11.3 Å². The third-order valence-electron chi connectivity index (χ3n) is 3.32. The summed E-state index contributed by atoms with van der Waals surface area (Å²) in [6.45, 7) is 3.98. The van der Waals surface area contributed by atoms with E-state index in [0.29, 0.717) is 18.5 Å². The second-order valence-corrected chi connectivity index (χ2v) is 4.90. The van der Waals surface area contributed by atoms with Crippen molar-refractivity contribution >= 4 is 11.8 Å². The van der Waals surface area contributed by atoms with Gasteiger partial charge >= 0.3 is 0 Å². The molecule has 0 aliphatic carbocycles. The molecule has 0 saturated carbocycles. The number of hydrogen-bond donors (Lipinski definition) is 1. The lowest BCUT2D eigenvalue weighted by Crippen LogP contribution is -2.30. The number of nitrogens with one attached hydrogen (secondary N) is 1. The van der Waals surface area contributed by atoms with Crippen LogP contribution in [-0.4, -0.2) is 46.1 Å². The Bertz CT molecular complexity index is 481. The predicted molar refractivity (Wildman–Crippen MR) is 70.7 cm³/mol. The van der Waals surface area contributed by atoms with Crippen LogP contribution >= 0.6 is 0 Å². The molecule has 1 fully saturated rings. The highest BCUT2D eigenvalue weighted by Gasteiger charge is 2.19. The van der Waals surface area contributed by atoms with Crippen LogP contribution in [-0.2, 0) is 11.8 Å². The Hall–Kier alpha value is -1.85. The maximum Gasteiger partial charge on any atom is 0.254 e. The topological polar surface area (TPSA) is 67.2 Å². The molecule has 1 aliphatic heterocycles. The van der Waals surface area contributed by atoms with E-state index in [1.807, 2.05) is 11.8 Å². The van der Waals surface area contributed by atoms with Gasteiger partial charge in [-0.3, -0.25) is 14.3 Å². The van der Waals surface area contributed by atoms with Crippen molar-refractivity contribution < 1.29 is 9.59 Å². The van der Waals surface area contributed by atoms with Gasteiger partial charge in [0, 0.05) is 39.3 Å². The average molecular weight is 264 g/mol. The molecule has 2 rings (SSSR count). The fourth-order valence-electron chi connectivity index (χ4n) is 2.33. The molecule has 2 amide bonds. The van der Waals surface area contributed by atoms with E-state index in [4.69, 9.17) is 0 Å². The van der Waals surface area contributed by atoms with Crippen molar-refractivity contribution in [2.24, 2.45) is 7.05 Å². The highest BCUT2D eigenvalue weighted by atomic mass is 16.2. The molecule has 0 aromatic carbocycles. The summed E-state index contributed by atoms with van der Waals surface area (Å²) in [4.78, 5) is 25.2. The second kappa shape index (κ2) is 5.86. The maximum absolute atomic E-state index is 11.9. The number of nitrogens with zero attached hydrogens (tertiary/aromatic N) is 3. The largest absolute Gasteiger partial charge is 0.352 e. The summed E-state index contributed by atoms with van der Waals surface area (Å²) >= 11 is 0. The molecule has 6 heteroatoms. The van der Waals surface area contributed by atoms with Crippen molar-refractivity contribution in [1.82, 2.24) is 20.0 Å². The first-order valence-electron chi connectivity index (χ1n) is 6.64. The first-order valence-corrected chi connectivity index (χ1v) is 6.64. The Kier molecular flexibility index (Phi) is 4.19. The van der Waals surface area contributed by atoms with Crippen LogP contribution in [0.2, 0.25) is 0 Å². The van der Waals surface area contributed by atoms with Crippen LogP contribution in [0.5, 0.6) is 0 Å². The molecule has 6 nitrogen and oxygen atoms in total. The summed E-state index contributed by atoms with van der Waals surface area (Å²) < 4.78 is 1.63. The van der Waals surface area contributed by atoms with E-state index in [9.17, 15) is 9.59 Å². The third-order valence-corrected chi connectivity index (χ3v) is 3.32. The molecule has 2 heterocycles. The molecule has 0 spiro atoms. The summed E-state index contributed by atoms with van der Waals surface area (Å²) in [7, 11) is 1.79. The number of aromatic nitrogens is 2. The van der Waals surface area contributed by atoms with Gasteiger partial charge in [-0.25, -0.2) is 0 Å². The fraction of sp³-hybridized carbons (Fsp3) is 0.615. The van der Waals surface area contributed by atoms with Gasteiger partial charge in [-0.05, 0) is 19.8 Å². The monoisotopic (exact) mass is 264 g/mol. The van der Waals surface area contributed by atoms with Gasteiger partial charge in [0.15, 0.2) is 0 Å². The Labute approximate surface area is 112 Å². The summed E-state index contributed by atoms with van der Waals surface area (Å²) in [5, 5.41) is 7.00. The average Bonchev–Trinajstić information content (AvgIpc) is 2.91. The van der Waals surface area contributed by atoms with Gasteiger partial charge in [0.2, 0.25) is 5.91 Å². The van der Waals surface area contributed by atoms with Gasteiger partial charge in [-0.1, -0.05) is 0 Å². The molecule has 1 saturated heterocycles. The van der Waals surface area contributed by atoms with Crippen LogP contribution in [0.4, 0.5) is 0 Å². The minimum atomic E-state index is -0.0988. The summed E-state index contributed by atoms with van der Waals surface area (Å²) in [6.07, 6.45) is 4.13. The number of rotatable bonds is 5. The molecule has 0 bridgehead atoms. The maximum atomic E-state index is 11.9. The van der Waals surface area contributed by atoms with E-state index in [1.54, 1.807) is 17.9 Å². The SMILES string of the molecule is Cc1nn(C)cc1C(=O)NCCCN1CCCC1=O. The summed E-state index contributed by atoms with van der Waals surface area (Å²) in [5.74, 6) is 0.132. The Morgan fingerprint density at radius 2 is 2.32 bits per heavy atom. The first kappa shape index (κ1) is 13.6. The number of amides is 2. The lowest BCUT2D eigenvalue weighted by atomic mass is 10.2. The van der Waals surface area contributed by atoms with Crippen molar-refractivity contribution in [2.75, 3.05) is 19.6 Å². The molecule has 1 aromatic rings.